The van der Waals surface area contributed by atoms with Crippen molar-refractivity contribution in [2.24, 2.45) is 11.7 Å². The van der Waals surface area contributed by atoms with E-state index in [1.54, 1.807) is 0 Å². The van der Waals surface area contributed by atoms with Gasteiger partial charge >= 0.3 is 6.03 Å². The van der Waals surface area contributed by atoms with E-state index in [9.17, 15) is 9.90 Å². The molecule has 2 unspecified atom stereocenters. The monoisotopic (exact) mass is 324 g/mol. The number of hydrogen-bond acceptors (Lipinski definition) is 4. The molecule has 1 aliphatic carbocycles. The summed E-state index contributed by atoms with van der Waals surface area (Å²) in [6.07, 6.45) is 9.63. The Morgan fingerprint density at radius 2 is 1.96 bits per heavy atom. The third-order valence-electron chi connectivity index (χ3n) is 4.55. The molecule has 5 N–H and O–H groups in total. The number of nitriles is 1. The first-order chi connectivity index (χ1) is 11.1. The first-order valence-electron chi connectivity index (χ1n) is 8.95. The van der Waals surface area contributed by atoms with Gasteiger partial charge in [-0.15, -0.1) is 0 Å². The Bertz CT molecular complexity index is 364. The van der Waals surface area contributed by atoms with Crippen molar-refractivity contribution in [3.05, 3.63) is 0 Å². The van der Waals surface area contributed by atoms with Crippen molar-refractivity contribution in [2.75, 3.05) is 13.1 Å². The Hall–Kier alpha value is -1.32. The minimum atomic E-state index is -0.696. The fraction of sp³-hybridized carbons (Fsp3) is 0.882. The van der Waals surface area contributed by atoms with Gasteiger partial charge in [0.15, 0.2) is 0 Å². The smallest absolute Gasteiger partial charge is 0.314 e. The van der Waals surface area contributed by atoms with E-state index in [4.69, 9.17) is 11.0 Å². The Kier molecular flexibility index (Phi) is 10.4. The summed E-state index contributed by atoms with van der Waals surface area (Å²) in [4.78, 5) is 11.6. The van der Waals surface area contributed by atoms with Crippen LogP contribution in [0.3, 0.4) is 0 Å². The lowest BCUT2D eigenvalue weighted by molar-refractivity contribution is 0.126. The van der Waals surface area contributed by atoms with Crippen LogP contribution in [0.25, 0.3) is 0 Å². The molecule has 1 saturated carbocycles. The van der Waals surface area contributed by atoms with Crippen molar-refractivity contribution >= 4 is 6.03 Å². The predicted octanol–water partition coefficient (Wildman–Crippen LogP) is 2.03. The van der Waals surface area contributed by atoms with Crippen LogP contribution in [0.1, 0.15) is 64.2 Å². The maximum atomic E-state index is 11.6. The van der Waals surface area contributed by atoms with Crippen molar-refractivity contribution in [1.82, 2.24) is 10.6 Å². The van der Waals surface area contributed by atoms with E-state index in [0.717, 1.165) is 25.7 Å². The summed E-state index contributed by atoms with van der Waals surface area (Å²) < 4.78 is 0. The zero-order chi connectivity index (χ0) is 16.9. The SMILES string of the molecule is N#CCCCCCNC(=O)NCC(O)C(N)CC1CCCCC1. The molecule has 0 aromatic heterocycles. The van der Waals surface area contributed by atoms with Gasteiger partial charge in [0.2, 0.25) is 0 Å². The second-order valence-electron chi connectivity index (χ2n) is 6.58. The lowest BCUT2D eigenvalue weighted by Gasteiger charge is -2.27. The number of carbonyl (C=O) groups excluding carboxylic acids is 1. The van der Waals surface area contributed by atoms with Gasteiger partial charge in [0, 0.05) is 25.6 Å². The molecule has 2 atom stereocenters. The molecule has 0 aliphatic heterocycles. The fourth-order valence-electron chi connectivity index (χ4n) is 3.08. The maximum Gasteiger partial charge on any atom is 0.314 e. The van der Waals surface area contributed by atoms with E-state index in [2.05, 4.69) is 16.7 Å². The molecule has 1 aliphatic rings. The number of hydrogen-bond donors (Lipinski definition) is 4. The van der Waals surface area contributed by atoms with Gasteiger partial charge in [-0.25, -0.2) is 4.79 Å². The molecule has 1 fully saturated rings. The van der Waals surface area contributed by atoms with Gasteiger partial charge in [-0.3, -0.25) is 0 Å². The van der Waals surface area contributed by atoms with Crippen molar-refractivity contribution < 1.29 is 9.90 Å². The van der Waals surface area contributed by atoms with Crippen molar-refractivity contribution in [3.8, 4) is 6.07 Å². The summed E-state index contributed by atoms with van der Waals surface area (Å²) in [6, 6.07) is 1.56. The number of urea groups is 1. The zero-order valence-electron chi connectivity index (χ0n) is 14.1. The molecule has 0 saturated heterocycles. The largest absolute Gasteiger partial charge is 0.390 e. The summed E-state index contributed by atoms with van der Waals surface area (Å²) in [5, 5.41) is 23.9. The van der Waals surface area contributed by atoms with Crippen LogP contribution in [0.2, 0.25) is 0 Å². The Labute approximate surface area is 139 Å². The molecule has 0 bridgehead atoms. The molecular formula is C17H32N4O2. The lowest BCUT2D eigenvalue weighted by atomic mass is 9.84. The van der Waals surface area contributed by atoms with Crippen LogP contribution < -0.4 is 16.4 Å². The molecule has 0 aromatic rings. The molecule has 132 valence electrons. The van der Waals surface area contributed by atoms with E-state index in [-0.39, 0.29) is 18.6 Å². The molecular weight excluding hydrogens is 292 g/mol. The number of nitrogens with one attached hydrogen (secondary N) is 2. The molecule has 6 nitrogen and oxygen atoms in total. The quantitative estimate of drug-likeness (QED) is 0.461. The van der Waals surface area contributed by atoms with Crippen LogP contribution in [0.4, 0.5) is 4.79 Å². The molecule has 2 amide bonds. The highest BCUT2D eigenvalue weighted by Gasteiger charge is 2.21. The Morgan fingerprint density at radius 1 is 1.22 bits per heavy atom. The minimum absolute atomic E-state index is 0.189. The van der Waals surface area contributed by atoms with Crippen LogP contribution in [0, 0.1) is 17.2 Å². The predicted molar refractivity (Wildman–Crippen MR) is 90.7 cm³/mol. The van der Waals surface area contributed by atoms with Crippen molar-refractivity contribution in [1.29, 1.82) is 5.26 Å². The third-order valence-corrected chi connectivity index (χ3v) is 4.55. The molecule has 6 heteroatoms. The molecule has 23 heavy (non-hydrogen) atoms. The summed E-state index contributed by atoms with van der Waals surface area (Å²) >= 11 is 0. The Balaban J connectivity index is 2.05. The van der Waals surface area contributed by atoms with E-state index in [1.807, 2.05) is 0 Å². The third kappa shape index (κ3) is 9.42. The number of carbonyl (C=O) groups is 1. The summed E-state index contributed by atoms with van der Waals surface area (Å²) in [5.41, 5.74) is 6.05. The Morgan fingerprint density at radius 3 is 2.65 bits per heavy atom. The van der Waals surface area contributed by atoms with Gasteiger partial charge in [-0.2, -0.15) is 5.26 Å². The highest BCUT2D eigenvalue weighted by atomic mass is 16.3. The van der Waals surface area contributed by atoms with Gasteiger partial charge in [0.25, 0.3) is 0 Å². The van der Waals surface area contributed by atoms with E-state index in [1.165, 1.54) is 32.1 Å². The van der Waals surface area contributed by atoms with Crippen LogP contribution in [0.15, 0.2) is 0 Å². The number of rotatable bonds is 10. The molecule has 0 radical (unpaired) electrons. The minimum Gasteiger partial charge on any atom is -0.390 e. The van der Waals surface area contributed by atoms with E-state index in [0.29, 0.717) is 18.9 Å². The summed E-state index contributed by atoms with van der Waals surface area (Å²) in [6.45, 7) is 0.773. The second-order valence-corrected chi connectivity index (χ2v) is 6.58. The number of unbranched alkanes of at least 4 members (excludes halogenated alkanes) is 3. The van der Waals surface area contributed by atoms with E-state index >= 15 is 0 Å². The fourth-order valence-corrected chi connectivity index (χ4v) is 3.08. The number of aliphatic hydroxyl groups is 1. The summed E-state index contributed by atoms with van der Waals surface area (Å²) in [5.74, 6) is 0.621. The number of nitrogens with two attached hydrogens (primary N) is 1. The summed E-state index contributed by atoms with van der Waals surface area (Å²) in [7, 11) is 0. The van der Waals surface area contributed by atoms with Crippen molar-refractivity contribution in [2.45, 2.75) is 76.4 Å². The van der Waals surface area contributed by atoms with Crippen LogP contribution in [-0.2, 0) is 0 Å². The highest BCUT2D eigenvalue weighted by Crippen LogP contribution is 2.27. The average Bonchev–Trinajstić information content (AvgIpc) is 2.56. The van der Waals surface area contributed by atoms with Crippen LogP contribution in [-0.4, -0.2) is 36.4 Å². The molecule has 0 aromatic carbocycles. The first-order valence-corrected chi connectivity index (χ1v) is 8.95. The van der Waals surface area contributed by atoms with Gasteiger partial charge in [0.1, 0.15) is 0 Å². The zero-order valence-corrected chi connectivity index (χ0v) is 14.1. The van der Waals surface area contributed by atoms with Crippen LogP contribution in [0.5, 0.6) is 0 Å². The van der Waals surface area contributed by atoms with Gasteiger partial charge < -0.3 is 21.5 Å². The standard InChI is InChI=1S/C17H32N4O2/c18-10-6-1-2-7-11-20-17(23)21-13-16(22)15(19)12-14-8-4-3-5-9-14/h14-16,22H,1-9,11-13,19H2,(H2,20,21,23). The van der Waals surface area contributed by atoms with Crippen LogP contribution >= 0.6 is 0 Å². The first kappa shape index (κ1) is 19.7. The topological polar surface area (TPSA) is 111 Å². The van der Waals surface area contributed by atoms with Gasteiger partial charge in [-0.05, 0) is 25.2 Å². The normalized spacial score (nSPS) is 18.0. The maximum absolute atomic E-state index is 11.6. The molecule has 1 rings (SSSR count). The van der Waals surface area contributed by atoms with E-state index < -0.39 is 6.10 Å². The molecule has 0 spiro atoms. The number of nitrogens with zero attached hydrogens (tertiary/aromatic N) is 1. The number of aliphatic hydroxyl groups excluding tert-OH is 1. The van der Waals surface area contributed by atoms with Gasteiger partial charge in [-0.1, -0.05) is 38.5 Å². The van der Waals surface area contributed by atoms with Gasteiger partial charge in [0.05, 0.1) is 12.2 Å². The lowest BCUT2D eigenvalue weighted by Crippen LogP contribution is -2.47. The second kappa shape index (κ2) is 12.1. The average molecular weight is 324 g/mol. The molecule has 0 heterocycles. The number of amides is 2. The highest BCUT2D eigenvalue weighted by molar-refractivity contribution is 5.73. The van der Waals surface area contributed by atoms with Crippen molar-refractivity contribution in [3.63, 3.8) is 0 Å².